The predicted octanol–water partition coefficient (Wildman–Crippen LogP) is 2.42. The van der Waals surface area contributed by atoms with Crippen molar-refractivity contribution in [3.8, 4) is 0 Å². The third kappa shape index (κ3) is 3.60. The van der Waals surface area contributed by atoms with Crippen molar-refractivity contribution >= 4 is 11.8 Å². The molecule has 2 atom stereocenters. The van der Waals surface area contributed by atoms with Gasteiger partial charge in [-0.05, 0) is 31.2 Å². The molecule has 0 amide bonds. The van der Waals surface area contributed by atoms with E-state index >= 15 is 0 Å². The highest BCUT2D eigenvalue weighted by Crippen LogP contribution is 2.44. The first-order valence-corrected chi connectivity index (χ1v) is 7.86. The minimum atomic E-state index is -0.0761. The molecule has 1 aromatic heterocycles. The smallest absolute Gasteiger partial charge is 0.251 e. The summed E-state index contributed by atoms with van der Waals surface area (Å²) in [7, 11) is 0. The zero-order valence-electron chi connectivity index (χ0n) is 11.9. The molecule has 5 heteroatoms. The van der Waals surface area contributed by atoms with Crippen LogP contribution in [0.1, 0.15) is 40.0 Å². The molecule has 2 N–H and O–H groups in total. The lowest BCUT2D eigenvalue weighted by Gasteiger charge is -2.31. The number of thioether (sulfide) groups is 1. The maximum atomic E-state index is 11.3. The fourth-order valence-corrected chi connectivity index (χ4v) is 4.13. The Labute approximate surface area is 118 Å². The Morgan fingerprint density at radius 3 is 3.05 bits per heavy atom. The van der Waals surface area contributed by atoms with E-state index < -0.39 is 0 Å². The van der Waals surface area contributed by atoms with Crippen LogP contribution in [-0.2, 0) is 0 Å². The zero-order valence-corrected chi connectivity index (χ0v) is 12.7. The quantitative estimate of drug-likeness (QED) is 0.814. The highest BCUT2D eigenvalue weighted by Gasteiger charge is 2.42. The van der Waals surface area contributed by atoms with Crippen molar-refractivity contribution in [1.29, 1.82) is 0 Å². The second kappa shape index (κ2) is 6.09. The average Bonchev–Trinajstić information content (AvgIpc) is 2.62. The molecule has 0 saturated heterocycles. The fourth-order valence-electron chi connectivity index (χ4n) is 2.73. The van der Waals surface area contributed by atoms with Crippen molar-refractivity contribution in [2.24, 2.45) is 5.41 Å². The minimum absolute atomic E-state index is 0.0761. The van der Waals surface area contributed by atoms with Gasteiger partial charge in [-0.2, -0.15) is 0 Å². The number of hydrogen-bond donors (Lipinski definition) is 2. The molecule has 1 aromatic rings. The van der Waals surface area contributed by atoms with E-state index in [9.17, 15) is 4.79 Å². The Kier molecular flexibility index (Phi) is 4.68. The van der Waals surface area contributed by atoms with Gasteiger partial charge in [0.1, 0.15) is 0 Å². The number of hydrogen-bond acceptors (Lipinski definition) is 4. The van der Waals surface area contributed by atoms with Crippen molar-refractivity contribution < 1.29 is 0 Å². The van der Waals surface area contributed by atoms with Crippen molar-refractivity contribution in [1.82, 2.24) is 15.3 Å². The Balaban J connectivity index is 2.08. The van der Waals surface area contributed by atoms with E-state index in [1.165, 1.54) is 12.5 Å². The molecule has 0 aromatic carbocycles. The number of rotatable bonds is 5. The van der Waals surface area contributed by atoms with Crippen molar-refractivity contribution in [2.75, 3.05) is 6.54 Å². The first-order valence-electron chi connectivity index (χ1n) is 6.98. The highest BCUT2D eigenvalue weighted by atomic mass is 32.2. The molecule has 106 valence electrons. The highest BCUT2D eigenvalue weighted by molar-refractivity contribution is 7.99. The largest absolute Gasteiger partial charge is 0.312 e. The van der Waals surface area contributed by atoms with Crippen LogP contribution in [0.5, 0.6) is 0 Å². The minimum Gasteiger partial charge on any atom is -0.312 e. The summed E-state index contributed by atoms with van der Waals surface area (Å²) in [4.78, 5) is 18.4. The summed E-state index contributed by atoms with van der Waals surface area (Å²) in [6.45, 7) is 7.88. The lowest BCUT2D eigenvalue weighted by atomic mass is 9.87. The Morgan fingerprint density at radius 1 is 1.58 bits per heavy atom. The number of aromatic amines is 1. The van der Waals surface area contributed by atoms with Crippen LogP contribution in [0.3, 0.4) is 0 Å². The Bertz CT molecular complexity index is 472. The topological polar surface area (TPSA) is 57.8 Å². The molecule has 1 aliphatic rings. The van der Waals surface area contributed by atoms with Gasteiger partial charge in [-0.3, -0.25) is 4.79 Å². The van der Waals surface area contributed by atoms with E-state index in [1.807, 2.05) is 0 Å². The monoisotopic (exact) mass is 281 g/mol. The third-order valence-electron chi connectivity index (χ3n) is 3.81. The summed E-state index contributed by atoms with van der Waals surface area (Å²) in [5.41, 5.74) is 0.231. The van der Waals surface area contributed by atoms with Crippen LogP contribution in [0, 0.1) is 5.41 Å². The molecule has 1 fully saturated rings. The predicted molar refractivity (Wildman–Crippen MR) is 79.6 cm³/mol. The van der Waals surface area contributed by atoms with Crippen molar-refractivity contribution in [3.63, 3.8) is 0 Å². The molecule has 1 heterocycles. The second-order valence-corrected chi connectivity index (χ2v) is 7.08. The van der Waals surface area contributed by atoms with Crippen LogP contribution in [0.25, 0.3) is 0 Å². The molecule has 2 rings (SSSR count). The van der Waals surface area contributed by atoms with Gasteiger partial charge in [-0.25, -0.2) is 4.98 Å². The normalized spacial score (nSPS) is 25.6. The van der Waals surface area contributed by atoms with E-state index in [0.717, 1.165) is 24.5 Å². The molecular formula is C14H23N3OS. The van der Waals surface area contributed by atoms with Gasteiger partial charge >= 0.3 is 0 Å². The van der Waals surface area contributed by atoms with E-state index in [1.54, 1.807) is 18.0 Å². The molecule has 1 aliphatic carbocycles. The molecule has 4 nitrogen and oxygen atoms in total. The van der Waals surface area contributed by atoms with Gasteiger partial charge in [0.15, 0.2) is 5.16 Å². The first kappa shape index (κ1) is 14.6. The lowest BCUT2D eigenvalue weighted by Crippen LogP contribution is -2.43. The van der Waals surface area contributed by atoms with Crippen LogP contribution < -0.4 is 10.9 Å². The summed E-state index contributed by atoms with van der Waals surface area (Å²) in [5.74, 6) is 0. The Hall–Kier alpha value is -0.810. The van der Waals surface area contributed by atoms with Crippen LogP contribution in [0.15, 0.2) is 22.2 Å². The molecule has 0 bridgehead atoms. The molecule has 19 heavy (non-hydrogen) atoms. The van der Waals surface area contributed by atoms with Gasteiger partial charge in [0, 0.05) is 23.6 Å². The van der Waals surface area contributed by atoms with Gasteiger partial charge in [-0.15, -0.1) is 0 Å². The van der Waals surface area contributed by atoms with E-state index in [2.05, 4.69) is 36.1 Å². The van der Waals surface area contributed by atoms with Gasteiger partial charge in [0.2, 0.25) is 0 Å². The van der Waals surface area contributed by atoms with Gasteiger partial charge < -0.3 is 10.3 Å². The number of H-pyrrole nitrogens is 1. The third-order valence-corrected chi connectivity index (χ3v) is 5.05. The van der Waals surface area contributed by atoms with Crippen LogP contribution in [0.2, 0.25) is 0 Å². The molecule has 0 spiro atoms. The lowest BCUT2D eigenvalue weighted by molar-refractivity contribution is 0.287. The average molecular weight is 281 g/mol. The molecule has 1 saturated carbocycles. The summed E-state index contributed by atoms with van der Waals surface area (Å²) in [5, 5.41) is 4.88. The number of nitrogens with zero attached hydrogens (tertiary/aromatic N) is 1. The summed E-state index contributed by atoms with van der Waals surface area (Å²) < 4.78 is 0. The SMILES string of the molecule is CCCNC1C(Sc2nccc(=O)[nH]2)CCC1(C)C. The molecule has 2 unspecified atom stereocenters. The molecule has 0 aliphatic heterocycles. The second-order valence-electron chi connectivity index (χ2n) is 5.85. The van der Waals surface area contributed by atoms with E-state index in [4.69, 9.17) is 0 Å². The standard InChI is InChI=1S/C14H23N3OS/c1-4-8-15-12-10(5-7-14(12,2)3)19-13-16-9-6-11(18)17-13/h6,9-10,12,15H,4-5,7-8H2,1-3H3,(H,16,17,18). The van der Waals surface area contributed by atoms with Gasteiger partial charge in [0.25, 0.3) is 5.56 Å². The van der Waals surface area contributed by atoms with Crippen molar-refractivity contribution in [3.05, 3.63) is 22.6 Å². The Morgan fingerprint density at radius 2 is 2.37 bits per heavy atom. The van der Waals surface area contributed by atoms with E-state index in [-0.39, 0.29) is 5.56 Å². The van der Waals surface area contributed by atoms with Crippen LogP contribution >= 0.6 is 11.8 Å². The van der Waals surface area contributed by atoms with Crippen LogP contribution in [-0.4, -0.2) is 27.8 Å². The van der Waals surface area contributed by atoms with Crippen molar-refractivity contribution in [2.45, 2.75) is 56.5 Å². The first-order chi connectivity index (χ1) is 9.03. The fraction of sp³-hybridized carbons (Fsp3) is 0.714. The molecular weight excluding hydrogens is 258 g/mol. The van der Waals surface area contributed by atoms with Gasteiger partial charge in [0.05, 0.1) is 0 Å². The molecule has 0 radical (unpaired) electrons. The van der Waals surface area contributed by atoms with E-state index in [0.29, 0.717) is 16.7 Å². The summed E-state index contributed by atoms with van der Waals surface area (Å²) in [6, 6.07) is 1.93. The maximum Gasteiger partial charge on any atom is 0.251 e. The number of aromatic nitrogens is 2. The van der Waals surface area contributed by atoms with Crippen LogP contribution in [0.4, 0.5) is 0 Å². The maximum absolute atomic E-state index is 11.3. The van der Waals surface area contributed by atoms with Gasteiger partial charge in [-0.1, -0.05) is 32.5 Å². The summed E-state index contributed by atoms with van der Waals surface area (Å²) >= 11 is 1.70. The summed E-state index contributed by atoms with van der Waals surface area (Å²) in [6.07, 6.45) is 5.10. The number of nitrogens with one attached hydrogen (secondary N) is 2. The zero-order chi connectivity index (χ0) is 13.9.